The number of fused-ring (bicyclic) bond motifs is 1. The van der Waals surface area contributed by atoms with E-state index >= 15 is 0 Å². The van der Waals surface area contributed by atoms with Crippen molar-refractivity contribution in [3.05, 3.63) is 75.5 Å². The van der Waals surface area contributed by atoms with Gasteiger partial charge in [0.15, 0.2) is 0 Å². The Morgan fingerprint density at radius 3 is 2.59 bits per heavy atom. The zero-order chi connectivity index (χ0) is 22.8. The van der Waals surface area contributed by atoms with Crippen LogP contribution < -0.4 is 15.4 Å². The van der Waals surface area contributed by atoms with Crippen LogP contribution in [-0.4, -0.2) is 27.6 Å². The second-order valence-corrected chi connectivity index (χ2v) is 8.02. The number of ether oxygens (including phenoxy) is 1. The summed E-state index contributed by atoms with van der Waals surface area (Å²) in [6, 6.07) is 12.6. The van der Waals surface area contributed by atoms with Crippen molar-refractivity contribution in [2.24, 2.45) is 7.05 Å². The first kappa shape index (κ1) is 21.9. The van der Waals surface area contributed by atoms with Gasteiger partial charge in [-0.25, -0.2) is 4.98 Å². The molecule has 2 aromatic heterocycles. The van der Waals surface area contributed by atoms with E-state index in [2.05, 4.69) is 20.6 Å². The maximum Gasteiger partial charge on any atom is 0.255 e. The van der Waals surface area contributed by atoms with Gasteiger partial charge in [-0.15, -0.1) is 0 Å². The molecule has 32 heavy (non-hydrogen) atoms. The average molecular weight is 470 g/mol. The van der Waals surface area contributed by atoms with Gasteiger partial charge in [0.2, 0.25) is 5.95 Å². The fourth-order valence-corrected chi connectivity index (χ4v) is 3.86. The molecule has 0 spiro atoms. The van der Waals surface area contributed by atoms with Gasteiger partial charge in [-0.2, -0.15) is 0 Å². The Bertz CT molecular complexity index is 1300. The molecule has 4 rings (SSSR count). The van der Waals surface area contributed by atoms with Crippen molar-refractivity contribution >= 4 is 51.8 Å². The van der Waals surface area contributed by atoms with E-state index in [1.165, 1.54) is 7.11 Å². The largest absolute Gasteiger partial charge is 0.496 e. The third-order valence-corrected chi connectivity index (χ3v) is 5.81. The van der Waals surface area contributed by atoms with Gasteiger partial charge in [0.25, 0.3) is 5.91 Å². The van der Waals surface area contributed by atoms with Crippen molar-refractivity contribution in [2.45, 2.75) is 13.5 Å². The summed E-state index contributed by atoms with van der Waals surface area (Å²) in [5, 5.41) is 7.04. The predicted molar refractivity (Wildman–Crippen MR) is 127 cm³/mol. The highest BCUT2D eigenvalue weighted by Crippen LogP contribution is 2.34. The first-order valence-corrected chi connectivity index (χ1v) is 10.6. The number of aryl methyl sites for hydroxylation is 2. The van der Waals surface area contributed by atoms with E-state index in [0.717, 1.165) is 16.8 Å². The highest BCUT2D eigenvalue weighted by molar-refractivity contribution is 6.39. The van der Waals surface area contributed by atoms with E-state index in [1.807, 2.05) is 30.7 Å². The smallest absolute Gasteiger partial charge is 0.255 e. The van der Waals surface area contributed by atoms with E-state index in [4.69, 9.17) is 27.9 Å². The molecule has 4 aromatic rings. The Kier molecular flexibility index (Phi) is 6.21. The normalized spacial score (nSPS) is 10.9. The fraction of sp³-hybridized carbons (Fsp3) is 0.174. The van der Waals surface area contributed by atoms with Crippen LogP contribution in [0.3, 0.4) is 0 Å². The first-order chi connectivity index (χ1) is 15.4. The molecule has 164 valence electrons. The number of halogens is 2. The molecule has 0 aliphatic rings. The number of methoxy groups -OCH3 is 1. The molecular formula is C23H21Cl2N5O2. The number of carbonyl (C=O) groups is 1. The van der Waals surface area contributed by atoms with Gasteiger partial charge in [0.05, 0.1) is 51.7 Å². The maximum absolute atomic E-state index is 12.9. The maximum atomic E-state index is 12.9. The molecular weight excluding hydrogens is 449 g/mol. The van der Waals surface area contributed by atoms with E-state index in [9.17, 15) is 4.79 Å². The number of carbonyl (C=O) groups excluding carboxylic acids is 1. The Balaban J connectivity index is 1.66. The molecule has 0 saturated heterocycles. The van der Waals surface area contributed by atoms with Gasteiger partial charge < -0.3 is 19.9 Å². The summed E-state index contributed by atoms with van der Waals surface area (Å²) < 4.78 is 7.33. The summed E-state index contributed by atoms with van der Waals surface area (Å²) in [5.41, 5.74) is 4.16. The SMILES string of the molecule is COc1cc2c(cc1C(=O)NCc1ncccc1C)nc(Nc1c(Cl)cccc1Cl)n2C. The molecule has 0 aliphatic carbocycles. The first-order valence-electron chi connectivity index (χ1n) is 9.83. The number of hydrogen-bond donors (Lipinski definition) is 2. The second-order valence-electron chi connectivity index (χ2n) is 7.21. The molecule has 0 bridgehead atoms. The lowest BCUT2D eigenvalue weighted by Crippen LogP contribution is -2.24. The van der Waals surface area contributed by atoms with Crippen molar-refractivity contribution in [1.82, 2.24) is 19.9 Å². The lowest BCUT2D eigenvalue weighted by Gasteiger charge is -2.11. The van der Waals surface area contributed by atoms with E-state index < -0.39 is 0 Å². The Morgan fingerprint density at radius 1 is 1.16 bits per heavy atom. The number of benzene rings is 2. The van der Waals surface area contributed by atoms with Crippen molar-refractivity contribution in [1.29, 1.82) is 0 Å². The quantitative estimate of drug-likeness (QED) is 0.402. The molecule has 0 fully saturated rings. The number of aromatic nitrogens is 3. The molecule has 7 nitrogen and oxygen atoms in total. The summed E-state index contributed by atoms with van der Waals surface area (Å²) in [4.78, 5) is 21.9. The van der Waals surface area contributed by atoms with Crippen LogP contribution in [0.4, 0.5) is 11.6 Å². The standard InChI is InChI=1S/C23H21Cl2N5O2/c1-13-6-5-9-26-18(13)12-27-22(31)14-10-17-19(11-20(14)32-3)30(2)23(28-17)29-21-15(24)7-4-8-16(21)25/h4-11H,12H2,1-3H3,(H,27,31)(H,28,29). The van der Waals surface area contributed by atoms with Crippen molar-refractivity contribution < 1.29 is 9.53 Å². The number of amides is 1. The van der Waals surface area contributed by atoms with Crippen LogP contribution in [0.5, 0.6) is 5.75 Å². The Morgan fingerprint density at radius 2 is 1.91 bits per heavy atom. The third-order valence-electron chi connectivity index (χ3n) is 5.18. The minimum Gasteiger partial charge on any atom is -0.496 e. The summed E-state index contributed by atoms with van der Waals surface area (Å²) in [5.74, 6) is 0.694. The van der Waals surface area contributed by atoms with E-state index in [-0.39, 0.29) is 5.91 Å². The monoisotopic (exact) mass is 469 g/mol. The highest BCUT2D eigenvalue weighted by atomic mass is 35.5. The van der Waals surface area contributed by atoms with E-state index in [0.29, 0.717) is 45.1 Å². The number of anilines is 2. The predicted octanol–water partition coefficient (Wildman–Crippen LogP) is 5.27. The van der Waals surface area contributed by atoms with Crippen molar-refractivity contribution in [3.8, 4) is 5.75 Å². The number of hydrogen-bond acceptors (Lipinski definition) is 5. The molecule has 0 radical (unpaired) electrons. The number of para-hydroxylation sites is 1. The number of pyridine rings is 1. The molecule has 2 aromatic carbocycles. The van der Waals surface area contributed by atoms with Crippen LogP contribution in [0.25, 0.3) is 11.0 Å². The summed E-state index contributed by atoms with van der Waals surface area (Å²) in [7, 11) is 3.38. The Labute approximate surface area is 195 Å². The number of imidazole rings is 1. The topological polar surface area (TPSA) is 81.1 Å². The third kappa shape index (κ3) is 4.22. The molecule has 0 aliphatic heterocycles. The van der Waals surface area contributed by atoms with Crippen LogP contribution >= 0.6 is 23.2 Å². The highest BCUT2D eigenvalue weighted by Gasteiger charge is 2.18. The van der Waals surface area contributed by atoms with Gasteiger partial charge in [-0.05, 0) is 36.8 Å². The number of rotatable bonds is 6. The molecule has 0 atom stereocenters. The molecule has 2 N–H and O–H groups in total. The second kappa shape index (κ2) is 9.06. The minimum absolute atomic E-state index is 0.275. The van der Waals surface area contributed by atoms with Crippen molar-refractivity contribution in [2.75, 3.05) is 12.4 Å². The van der Waals surface area contributed by atoms with Crippen LogP contribution in [0.2, 0.25) is 10.0 Å². The molecule has 1 amide bonds. The van der Waals surface area contributed by atoms with Crippen LogP contribution in [0, 0.1) is 6.92 Å². The summed E-state index contributed by atoms with van der Waals surface area (Å²) in [6.45, 7) is 2.27. The van der Waals surface area contributed by atoms with Gasteiger partial charge in [0, 0.05) is 19.3 Å². The molecule has 2 heterocycles. The zero-order valence-corrected chi connectivity index (χ0v) is 19.3. The molecule has 0 saturated carbocycles. The van der Waals surface area contributed by atoms with E-state index in [1.54, 1.807) is 36.5 Å². The van der Waals surface area contributed by atoms with Crippen LogP contribution in [0.15, 0.2) is 48.7 Å². The van der Waals surface area contributed by atoms with Gasteiger partial charge in [-0.3, -0.25) is 9.78 Å². The van der Waals surface area contributed by atoms with Crippen LogP contribution in [0.1, 0.15) is 21.6 Å². The van der Waals surface area contributed by atoms with Crippen molar-refractivity contribution in [3.63, 3.8) is 0 Å². The number of nitrogens with one attached hydrogen (secondary N) is 2. The van der Waals surface area contributed by atoms with Gasteiger partial charge in [-0.1, -0.05) is 35.3 Å². The lowest BCUT2D eigenvalue weighted by molar-refractivity contribution is 0.0947. The van der Waals surface area contributed by atoms with Gasteiger partial charge in [0.1, 0.15) is 5.75 Å². The lowest BCUT2D eigenvalue weighted by atomic mass is 10.1. The summed E-state index contributed by atoms with van der Waals surface area (Å²) in [6.07, 6.45) is 1.70. The average Bonchev–Trinajstić information content (AvgIpc) is 3.09. The summed E-state index contributed by atoms with van der Waals surface area (Å²) >= 11 is 12.6. The van der Waals surface area contributed by atoms with Crippen LogP contribution in [-0.2, 0) is 13.6 Å². The molecule has 0 unspecified atom stereocenters. The van der Waals surface area contributed by atoms with Gasteiger partial charge >= 0.3 is 0 Å². The Hall–Kier alpha value is -3.29. The fourth-order valence-electron chi connectivity index (χ4n) is 3.37. The minimum atomic E-state index is -0.275. The number of nitrogens with zero attached hydrogens (tertiary/aromatic N) is 3. The molecule has 9 heteroatoms. The zero-order valence-electron chi connectivity index (χ0n) is 17.7.